The fourth-order valence-corrected chi connectivity index (χ4v) is 1.87. The van der Waals surface area contributed by atoms with E-state index in [9.17, 15) is 4.79 Å². The fourth-order valence-electron chi connectivity index (χ4n) is 1.87. The molecule has 1 amide bonds. The molecule has 88 valence electrons. The minimum Gasteiger partial charge on any atom is -0.332 e. The molecule has 0 aliphatic carbocycles. The lowest BCUT2D eigenvalue weighted by molar-refractivity contribution is -0.127. The number of hydrogen-bond acceptors (Lipinski definition) is 3. The summed E-state index contributed by atoms with van der Waals surface area (Å²) in [6, 6.07) is 1.91. The van der Waals surface area contributed by atoms with E-state index in [0.717, 1.165) is 24.4 Å². The maximum atomic E-state index is 11.4. The number of aryl methyl sites for hydroxylation is 2. The van der Waals surface area contributed by atoms with Gasteiger partial charge in [0.05, 0.1) is 6.54 Å². The van der Waals surface area contributed by atoms with Crippen molar-refractivity contribution in [2.24, 2.45) is 0 Å². The first-order chi connectivity index (χ1) is 8.15. The molecule has 4 heteroatoms. The van der Waals surface area contributed by atoms with Crippen LogP contribution in [0, 0.1) is 25.7 Å². The predicted molar refractivity (Wildman–Crippen MR) is 64.2 cm³/mol. The Morgan fingerprint density at radius 1 is 1.35 bits per heavy atom. The molecular formula is C13H15N3O. The zero-order valence-electron chi connectivity index (χ0n) is 10.2. The molecule has 0 aromatic carbocycles. The third-order valence-corrected chi connectivity index (χ3v) is 2.62. The van der Waals surface area contributed by atoms with Gasteiger partial charge < -0.3 is 4.90 Å². The summed E-state index contributed by atoms with van der Waals surface area (Å²) in [5, 5.41) is 0. The van der Waals surface area contributed by atoms with Crippen LogP contribution < -0.4 is 0 Å². The lowest BCUT2D eigenvalue weighted by atomic mass is 10.3. The summed E-state index contributed by atoms with van der Waals surface area (Å²) in [6.45, 7) is 5.14. The topological polar surface area (TPSA) is 46.1 Å². The van der Waals surface area contributed by atoms with Crippen LogP contribution in [-0.2, 0) is 4.79 Å². The average Bonchev–Trinajstić information content (AvgIpc) is 2.63. The lowest BCUT2D eigenvalue weighted by Crippen LogP contribution is -2.24. The van der Waals surface area contributed by atoms with E-state index >= 15 is 0 Å². The molecule has 0 spiro atoms. The van der Waals surface area contributed by atoms with Crippen molar-refractivity contribution in [1.29, 1.82) is 0 Å². The van der Waals surface area contributed by atoms with E-state index in [1.54, 1.807) is 4.90 Å². The molecule has 1 aliphatic rings. The predicted octanol–water partition coefficient (Wildman–Crippen LogP) is 1.07. The summed E-state index contributed by atoms with van der Waals surface area (Å²) < 4.78 is 0. The van der Waals surface area contributed by atoms with Gasteiger partial charge in [-0.2, -0.15) is 0 Å². The van der Waals surface area contributed by atoms with Crippen LogP contribution in [0.15, 0.2) is 6.07 Å². The van der Waals surface area contributed by atoms with Crippen LogP contribution in [-0.4, -0.2) is 33.9 Å². The number of carbonyl (C=O) groups excluding carboxylic acids is 1. The molecule has 1 aromatic rings. The van der Waals surface area contributed by atoms with Gasteiger partial charge in [0.15, 0.2) is 0 Å². The normalized spacial score (nSPS) is 14.7. The van der Waals surface area contributed by atoms with Gasteiger partial charge in [-0.3, -0.25) is 4.79 Å². The van der Waals surface area contributed by atoms with Gasteiger partial charge in [-0.15, -0.1) is 0 Å². The zero-order chi connectivity index (χ0) is 12.3. The van der Waals surface area contributed by atoms with E-state index in [2.05, 4.69) is 21.8 Å². The minimum absolute atomic E-state index is 0.195. The number of rotatable bonds is 1. The van der Waals surface area contributed by atoms with E-state index in [-0.39, 0.29) is 5.91 Å². The number of aromatic nitrogens is 2. The summed E-state index contributed by atoms with van der Waals surface area (Å²) in [4.78, 5) is 21.6. The summed E-state index contributed by atoms with van der Waals surface area (Å²) in [6.07, 6.45) is 1.60. The van der Waals surface area contributed by atoms with Crippen LogP contribution in [0.3, 0.4) is 0 Å². The second-order valence-corrected chi connectivity index (χ2v) is 4.19. The molecule has 4 nitrogen and oxygen atoms in total. The molecule has 0 radical (unpaired) electrons. The largest absolute Gasteiger partial charge is 0.332 e. The molecule has 0 atom stereocenters. The molecular weight excluding hydrogens is 214 g/mol. The van der Waals surface area contributed by atoms with Gasteiger partial charge >= 0.3 is 0 Å². The number of amides is 1. The molecule has 1 aromatic heterocycles. The Labute approximate surface area is 101 Å². The Kier molecular flexibility index (Phi) is 3.38. The Bertz CT molecular complexity index is 479. The Hall–Kier alpha value is -1.89. The SMILES string of the molecule is Cc1cc(C)nc(C#CCN2CCCC2=O)n1. The standard InChI is InChI=1S/C13H15N3O/c1-10-9-11(2)15-12(14-10)5-3-7-16-8-4-6-13(16)17/h9H,4,6-8H2,1-2H3. The Morgan fingerprint density at radius 3 is 2.65 bits per heavy atom. The van der Waals surface area contributed by atoms with Gasteiger partial charge in [0, 0.05) is 24.4 Å². The Balaban J connectivity index is 2.03. The molecule has 0 saturated carbocycles. The highest BCUT2D eigenvalue weighted by atomic mass is 16.2. The van der Waals surface area contributed by atoms with Gasteiger partial charge in [0.1, 0.15) is 0 Å². The highest BCUT2D eigenvalue weighted by Crippen LogP contribution is 2.07. The third kappa shape index (κ3) is 3.04. The number of nitrogens with zero attached hydrogens (tertiary/aromatic N) is 3. The van der Waals surface area contributed by atoms with Crippen molar-refractivity contribution in [1.82, 2.24) is 14.9 Å². The minimum atomic E-state index is 0.195. The van der Waals surface area contributed by atoms with E-state index < -0.39 is 0 Å². The van der Waals surface area contributed by atoms with Crippen molar-refractivity contribution in [2.45, 2.75) is 26.7 Å². The highest BCUT2D eigenvalue weighted by Gasteiger charge is 2.18. The maximum absolute atomic E-state index is 11.4. The molecule has 0 bridgehead atoms. The first-order valence-electron chi connectivity index (χ1n) is 5.74. The second-order valence-electron chi connectivity index (χ2n) is 4.19. The number of hydrogen-bond donors (Lipinski definition) is 0. The van der Waals surface area contributed by atoms with Gasteiger partial charge in [0.25, 0.3) is 0 Å². The molecule has 2 heterocycles. The first-order valence-corrected chi connectivity index (χ1v) is 5.74. The summed E-state index contributed by atoms with van der Waals surface area (Å²) in [7, 11) is 0. The number of likely N-dealkylation sites (tertiary alicyclic amines) is 1. The summed E-state index contributed by atoms with van der Waals surface area (Å²) >= 11 is 0. The van der Waals surface area contributed by atoms with E-state index in [0.29, 0.717) is 18.8 Å². The lowest BCUT2D eigenvalue weighted by Gasteiger charge is -2.09. The van der Waals surface area contributed by atoms with Crippen LogP contribution in [0.2, 0.25) is 0 Å². The van der Waals surface area contributed by atoms with Crippen molar-refractivity contribution < 1.29 is 4.79 Å². The molecule has 2 rings (SSSR count). The third-order valence-electron chi connectivity index (χ3n) is 2.62. The molecule has 1 fully saturated rings. The van der Waals surface area contributed by atoms with E-state index in [1.807, 2.05) is 19.9 Å². The second kappa shape index (κ2) is 4.96. The van der Waals surface area contributed by atoms with Crippen LogP contribution in [0.1, 0.15) is 30.1 Å². The fraction of sp³-hybridized carbons (Fsp3) is 0.462. The van der Waals surface area contributed by atoms with Gasteiger partial charge in [-0.25, -0.2) is 9.97 Å². The van der Waals surface area contributed by atoms with Crippen molar-refractivity contribution >= 4 is 5.91 Å². The average molecular weight is 229 g/mol. The van der Waals surface area contributed by atoms with Crippen molar-refractivity contribution in [3.05, 3.63) is 23.3 Å². The van der Waals surface area contributed by atoms with Crippen molar-refractivity contribution in [2.75, 3.05) is 13.1 Å². The van der Waals surface area contributed by atoms with Crippen molar-refractivity contribution in [3.63, 3.8) is 0 Å². The van der Waals surface area contributed by atoms with E-state index in [4.69, 9.17) is 0 Å². The first kappa shape index (κ1) is 11.6. The zero-order valence-corrected chi connectivity index (χ0v) is 10.2. The van der Waals surface area contributed by atoms with Gasteiger partial charge in [0.2, 0.25) is 11.7 Å². The van der Waals surface area contributed by atoms with Gasteiger partial charge in [-0.05, 0) is 32.3 Å². The van der Waals surface area contributed by atoms with E-state index in [1.165, 1.54) is 0 Å². The molecule has 0 unspecified atom stereocenters. The van der Waals surface area contributed by atoms with Gasteiger partial charge in [-0.1, -0.05) is 5.92 Å². The molecule has 17 heavy (non-hydrogen) atoms. The monoisotopic (exact) mass is 229 g/mol. The van der Waals surface area contributed by atoms with Crippen LogP contribution in [0.5, 0.6) is 0 Å². The highest BCUT2D eigenvalue weighted by molar-refractivity contribution is 5.78. The molecule has 1 aliphatic heterocycles. The molecule has 0 N–H and O–H groups in total. The summed E-state index contributed by atoms with van der Waals surface area (Å²) in [5.74, 6) is 6.60. The summed E-state index contributed by atoms with van der Waals surface area (Å²) in [5.41, 5.74) is 1.83. The van der Waals surface area contributed by atoms with Crippen molar-refractivity contribution in [3.8, 4) is 11.8 Å². The van der Waals surface area contributed by atoms with Crippen LogP contribution in [0.25, 0.3) is 0 Å². The van der Waals surface area contributed by atoms with Crippen LogP contribution in [0.4, 0.5) is 0 Å². The molecule has 1 saturated heterocycles. The van der Waals surface area contributed by atoms with Crippen LogP contribution >= 0.6 is 0 Å². The Morgan fingerprint density at radius 2 is 2.06 bits per heavy atom. The number of carbonyl (C=O) groups is 1. The smallest absolute Gasteiger partial charge is 0.223 e. The quantitative estimate of drug-likeness (QED) is 0.677. The maximum Gasteiger partial charge on any atom is 0.223 e.